The molecule has 1 heterocycles. The van der Waals surface area contributed by atoms with Crippen molar-refractivity contribution in [1.82, 2.24) is 10.6 Å². The number of amides is 1. The highest BCUT2D eigenvalue weighted by molar-refractivity contribution is 5.82. The largest absolute Gasteiger partial charge is 0.351 e. The second-order valence-electron chi connectivity index (χ2n) is 8.88. The molecule has 28 heavy (non-hydrogen) atoms. The Hall–Kier alpha value is -1.87. The molecular formula is C25H38N2O. The molecule has 1 aliphatic carbocycles. The molecular weight excluding hydrogens is 344 g/mol. The van der Waals surface area contributed by atoms with Gasteiger partial charge in [0, 0.05) is 6.54 Å². The Morgan fingerprint density at radius 1 is 1.21 bits per heavy atom. The summed E-state index contributed by atoms with van der Waals surface area (Å²) >= 11 is 0. The molecule has 1 atom stereocenters. The van der Waals surface area contributed by atoms with Crippen molar-refractivity contribution < 1.29 is 4.79 Å². The summed E-state index contributed by atoms with van der Waals surface area (Å²) in [6.45, 7) is 12.7. The van der Waals surface area contributed by atoms with Gasteiger partial charge in [-0.2, -0.15) is 0 Å². The molecule has 3 nitrogen and oxygen atoms in total. The quantitative estimate of drug-likeness (QED) is 0.580. The summed E-state index contributed by atoms with van der Waals surface area (Å²) < 4.78 is 0. The minimum Gasteiger partial charge on any atom is -0.351 e. The molecule has 1 saturated heterocycles. The molecule has 1 aliphatic heterocycles. The van der Waals surface area contributed by atoms with Crippen molar-refractivity contribution in [3.63, 3.8) is 0 Å². The average molecular weight is 383 g/mol. The summed E-state index contributed by atoms with van der Waals surface area (Å²) in [4.78, 5) is 12.0. The SMILES string of the molecule is CC(C=CC1=C(C)CCCC1(C)C)=CC=CC(C)=CCNC(=O)C1CCCN1. The number of hydrogen-bond acceptors (Lipinski definition) is 2. The van der Waals surface area contributed by atoms with E-state index in [4.69, 9.17) is 0 Å². The third-order valence-corrected chi connectivity index (χ3v) is 5.85. The lowest BCUT2D eigenvalue weighted by Gasteiger charge is -2.32. The van der Waals surface area contributed by atoms with Gasteiger partial charge in [-0.1, -0.05) is 67.0 Å². The summed E-state index contributed by atoms with van der Waals surface area (Å²) in [7, 11) is 0. The highest BCUT2D eigenvalue weighted by Gasteiger charge is 2.26. The third kappa shape index (κ3) is 6.94. The third-order valence-electron chi connectivity index (χ3n) is 5.85. The van der Waals surface area contributed by atoms with Crippen molar-refractivity contribution in [3.05, 3.63) is 58.7 Å². The second kappa shape index (κ2) is 10.6. The minimum absolute atomic E-state index is 0.00508. The summed E-state index contributed by atoms with van der Waals surface area (Å²) in [5.74, 6) is 0.113. The maximum absolute atomic E-state index is 12.0. The molecule has 0 spiro atoms. The molecule has 0 saturated carbocycles. The normalized spacial score (nSPS) is 23.8. The summed E-state index contributed by atoms with van der Waals surface area (Å²) in [6, 6.07) is -0.00508. The van der Waals surface area contributed by atoms with Crippen molar-refractivity contribution in [2.75, 3.05) is 13.1 Å². The van der Waals surface area contributed by atoms with Gasteiger partial charge in [0.2, 0.25) is 5.91 Å². The lowest BCUT2D eigenvalue weighted by molar-refractivity contribution is -0.122. The lowest BCUT2D eigenvalue weighted by atomic mass is 9.72. The van der Waals surface area contributed by atoms with Crippen molar-refractivity contribution in [2.45, 2.75) is 72.8 Å². The fourth-order valence-electron chi connectivity index (χ4n) is 4.04. The van der Waals surface area contributed by atoms with Crippen LogP contribution in [-0.4, -0.2) is 25.0 Å². The predicted octanol–water partition coefficient (Wildman–Crippen LogP) is 5.39. The maximum atomic E-state index is 12.0. The van der Waals surface area contributed by atoms with Crippen LogP contribution in [0.5, 0.6) is 0 Å². The molecule has 1 fully saturated rings. The van der Waals surface area contributed by atoms with Gasteiger partial charge in [0.25, 0.3) is 0 Å². The van der Waals surface area contributed by atoms with Gasteiger partial charge in [-0.25, -0.2) is 0 Å². The molecule has 0 radical (unpaired) electrons. The van der Waals surface area contributed by atoms with Crippen LogP contribution in [0.1, 0.15) is 66.7 Å². The number of carbonyl (C=O) groups is 1. The number of nitrogens with one attached hydrogen (secondary N) is 2. The van der Waals surface area contributed by atoms with Crippen molar-refractivity contribution in [3.8, 4) is 0 Å². The van der Waals surface area contributed by atoms with E-state index in [1.54, 1.807) is 0 Å². The van der Waals surface area contributed by atoms with Gasteiger partial charge in [-0.3, -0.25) is 4.79 Å². The monoisotopic (exact) mass is 382 g/mol. The first kappa shape index (κ1) is 22.4. The Labute approximate surface area is 171 Å². The molecule has 2 aliphatic rings. The van der Waals surface area contributed by atoms with Gasteiger partial charge in [0.15, 0.2) is 0 Å². The summed E-state index contributed by atoms with van der Waals surface area (Å²) in [5, 5.41) is 6.20. The van der Waals surface area contributed by atoms with E-state index in [-0.39, 0.29) is 17.4 Å². The van der Waals surface area contributed by atoms with E-state index < -0.39 is 0 Å². The second-order valence-corrected chi connectivity index (χ2v) is 8.88. The van der Waals surface area contributed by atoms with Gasteiger partial charge in [-0.05, 0) is 70.4 Å². The number of allylic oxidation sites excluding steroid dienone is 9. The molecule has 0 aromatic carbocycles. The average Bonchev–Trinajstić information content (AvgIpc) is 3.15. The molecule has 2 N–H and O–H groups in total. The van der Waals surface area contributed by atoms with E-state index in [0.29, 0.717) is 6.54 Å². The summed E-state index contributed by atoms with van der Waals surface area (Å²) in [6.07, 6.45) is 18.7. The van der Waals surface area contributed by atoms with E-state index in [9.17, 15) is 4.79 Å². The van der Waals surface area contributed by atoms with Crippen LogP contribution in [0.4, 0.5) is 0 Å². The first-order chi connectivity index (χ1) is 13.3. The van der Waals surface area contributed by atoms with Crippen LogP contribution >= 0.6 is 0 Å². The topological polar surface area (TPSA) is 41.1 Å². The number of rotatable bonds is 7. The van der Waals surface area contributed by atoms with Crippen molar-refractivity contribution in [2.24, 2.45) is 5.41 Å². The molecule has 0 aromatic rings. The molecule has 0 bridgehead atoms. The Morgan fingerprint density at radius 2 is 2.00 bits per heavy atom. The van der Waals surface area contributed by atoms with Crippen LogP contribution in [0.15, 0.2) is 58.7 Å². The molecule has 154 valence electrons. The molecule has 1 amide bonds. The first-order valence-corrected chi connectivity index (χ1v) is 10.7. The Balaban J connectivity index is 1.83. The molecule has 1 unspecified atom stereocenters. The van der Waals surface area contributed by atoms with Crippen LogP contribution in [0.2, 0.25) is 0 Å². The summed E-state index contributed by atoms with van der Waals surface area (Å²) in [5.41, 5.74) is 5.71. The fourth-order valence-corrected chi connectivity index (χ4v) is 4.04. The van der Waals surface area contributed by atoms with Gasteiger partial charge >= 0.3 is 0 Å². The minimum atomic E-state index is -0.00508. The first-order valence-electron chi connectivity index (χ1n) is 10.7. The van der Waals surface area contributed by atoms with Crippen LogP contribution in [0, 0.1) is 5.41 Å². The molecule has 3 heteroatoms. The van der Waals surface area contributed by atoms with Gasteiger partial charge in [0.05, 0.1) is 6.04 Å². The van der Waals surface area contributed by atoms with Crippen LogP contribution < -0.4 is 10.6 Å². The maximum Gasteiger partial charge on any atom is 0.237 e. The highest BCUT2D eigenvalue weighted by atomic mass is 16.2. The highest BCUT2D eigenvalue weighted by Crippen LogP contribution is 2.40. The van der Waals surface area contributed by atoms with E-state index >= 15 is 0 Å². The van der Waals surface area contributed by atoms with Crippen LogP contribution in [-0.2, 0) is 4.79 Å². The number of hydrogen-bond donors (Lipinski definition) is 2. The fraction of sp³-hybridized carbons (Fsp3) is 0.560. The zero-order valence-corrected chi connectivity index (χ0v) is 18.4. The Bertz CT molecular complexity index is 698. The van der Waals surface area contributed by atoms with E-state index in [1.165, 1.54) is 36.0 Å². The van der Waals surface area contributed by atoms with Crippen LogP contribution in [0.3, 0.4) is 0 Å². The predicted molar refractivity (Wildman–Crippen MR) is 120 cm³/mol. The zero-order valence-electron chi connectivity index (χ0n) is 18.4. The Morgan fingerprint density at radius 3 is 2.68 bits per heavy atom. The Kier molecular flexibility index (Phi) is 8.50. The number of carbonyl (C=O) groups excluding carboxylic acids is 1. The molecule has 2 rings (SSSR count). The van der Waals surface area contributed by atoms with Gasteiger partial charge in [0.1, 0.15) is 0 Å². The van der Waals surface area contributed by atoms with Gasteiger partial charge in [-0.15, -0.1) is 0 Å². The van der Waals surface area contributed by atoms with E-state index in [2.05, 4.69) is 81.7 Å². The standard InChI is InChI=1S/C25H38N2O/c1-19(13-14-22-21(3)11-7-16-25(22,4)5)9-6-10-20(2)15-18-27-24(28)23-12-8-17-26-23/h6,9-10,13-15,23,26H,7-8,11-12,16-18H2,1-5H3,(H,27,28). The van der Waals surface area contributed by atoms with Gasteiger partial charge < -0.3 is 10.6 Å². The van der Waals surface area contributed by atoms with Crippen LogP contribution in [0.25, 0.3) is 0 Å². The van der Waals surface area contributed by atoms with E-state index in [1.807, 2.05) is 0 Å². The smallest absolute Gasteiger partial charge is 0.237 e. The molecule has 0 aromatic heterocycles. The zero-order chi connectivity index (χ0) is 20.6. The van der Waals surface area contributed by atoms with Crippen molar-refractivity contribution >= 4 is 5.91 Å². The van der Waals surface area contributed by atoms with E-state index in [0.717, 1.165) is 25.0 Å². The lowest BCUT2D eigenvalue weighted by Crippen LogP contribution is -2.40. The van der Waals surface area contributed by atoms with Crippen molar-refractivity contribution in [1.29, 1.82) is 0 Å².